The molecule has 2 aliphatic heterocycles. The Kier molecular flexibility index (Phi) is 4.60. The van der Waals surface area contributed by atoms with Crippen molar-refractivity contribution in [3.8, 4) is 0 Å². The van der Waals surface area contributed by atoms with E-state index in [2.05, 4.69) is 45.9 Å². The normalized spacial score (nSPS) is 28.9. The Morgan fingerprint density at radius 1 is 1.19 bits per heavy atom. The summed E-state index contributed by atoms with van der Waals surface area (Å²) < 4.78 is 2.36. The molecule has 21 heavy (non-hydrogen) atoms. The standard InChI is InChI=1S/C16H29N5/c1-12-11-14(8-10-20(12)3)17-13(2)16-19-18-15-7-5-4-6-9-21(15)16/h12-14,17H,4-11H2,1-3H3. The van der Waals surface area contributed by atoms with Crippen LogP contribution in [0.4, 0.5) is 0 Å². The van der Waals surface area contributed by atoms with E-state index in [1.807, 2.05) is 0 Å². The summed E-state index contributed by atoms with van der Waals surface area (Å²) in [7, 11) is 2.22. The lowest BCUT2D eigenvalue weighted by molar-refractivity contribution is 0.162. The van der Waals surface area contributed by atoms with Crippen molar-refractivity contribution in [3.63, 3.8) is 0 Å². The molecule has 1 saturated heterocycles. The van der Waals surface area contributed by atoms with E-state index in [1.54, 1.807) is 0 Å². The van der Waals surface area contributed by atoms with Crippen molar-refractivity contribution < 1.29 is 0 Å². The predicted octanol–water partition coefficient (Wildman–Crippen LogP) is 2.14. The number of nitrogens with zero attached hydrogens (tertiary/aromatic N) is 4. The Hall–Kier alpha value is -0.940. The second-order valence-electron chi connectivity index (χ2n) is 6.88. The molecule has 0 aliphatic carbocycles. The van der Waals surface area contributed by atoms with Crippen LogP contribution in [0.5, 0.6) is 0 Å². The van der Waals surface area contributed by atoms with Crippen LogP contribution in [0.25, 0.3) is 0 Å². The SMILES string of the molecule is CC(NC1CCN(C)C(C)C1)c1nnc2n1CCCCC2. The smallest absolute Gasteiger partial charge is 0.149 e. The summed E-state index contributed by atoms with van der Waals surface area (Å²) in [5.41, 5.74) is 0. The number of nitrogens with one attached hydrogen (secondary N) is 1. The Balaban J connectivity index is 1.66. The molecule has 3 atom stereocenters. The van der Waals surface area contributed by atoms with Gasteiger partial charge in [-0.1, -0.05) is 6.42 Å². The zero-order valence-corrected chi connectivity index (χ0v) is 13.7. The van der Waals surface area contributed by atoms with Crippen LogP contribution >= 0.6 is 0 Å². The number of aryl methyl sites for hydroxylation is 1. The molecule has 5 heteroatoms. The summed E-state index contributed by atoms with van der Waals surface area (Å²) in [6.07, 6.45) is 7.37. The van der Waals surface area contributed by atoms with Crippen LogP contribution in [0, 0.1) is 0 Å². The van der Waals surface area contributed by atoms with E-state index >= 15 is 0 Å². The van der Waals surface area contributed by atoms with Crippen molar-refractivity contribution in [3.05, 3.63) is 11.6 Å². The maximum atomic E-state index is 4.48. The number of likely N-dealkylation sites (tertiary alicyclic amines) is 1. The van der Waals surface area contributed by atoms with Crippen molar-refractivity contribution in [2.45, 2.75) is 77.0 Å². The van der Waals surface area contributed by atoms with E-state index in [0.29, 0.717) is 18.1 Å². The van der Waals surface area contributed by atoms with Crippen molar-refractivity contribution >= 4 is 0 Å². The molecule has 0 aromatic carbocycles. The predicted molar refractivity (Wildman–Crippen MR) is 84.2 cm³/mol. The van der Waals surface area contributed by atoms with Crippen molar-refractivity contribution in [1.29, 1.82) is 0 Å². The minimum Gasteiger partial charge on any atom is -0.314 e. The summed E-state index contributed by atoms with van der Waals surface area (Å²) in [5.74, 6) is 2.33. The highest BCUT2D eigenvalue weighted by Crippen LogP contribution is 2.22. The van der Waals surface area contributed by atoms with Crippen LogP contribution in [0.3, 0.4) is 0 Å². The van der Waals surface area contributed by atoms with Gasteiger partial charge in [-0.25, -0.2) is 0 Å². The van der Waals surface area contributed by atoms with Gasteiger partial charge in [0.15, 0.2) is 0 Å². The number of aromatic nitrogens is 3. The molecular formula is C16H29N5. The Labute approximate surface area is 128 Å². The summed E-state index contributed by atoms with van der Waals surface area (Å²) in [6.45, 7) is 6.84. The lowest BCUT2D eigenvalue weighted by Gasteiger charge is -2.36. The maximum Gasteiger partial charge on any atom is 0.149 e. The minimum atomic E-state index is 0.296. The summed E-state index contributed by atoms with van der Waals surface area (Å²) in [5, 5.41) is 12.7. The van der Waals surface area contributed by atoms with Crippen molar-refractivity contribution in [2.24, 2.45) is 0 Å². The average Bonchev–Trinajstić information content (AvgIpc) is 2.72. The molecule has 3 unspecified atom stereocenters. The molecule has 2 aliphatic rings. The Morgan fingerprint density at radius 3 is 2.86 bits per heavy atom. The van der Waals surface area contributed by atoms with E-state index < -0.39 is 0 Å². The molecule has 0 radical (unpaired) electrons. The molecule has 0 amide bonds. The van der Waals surface area contributed by atoms with Crippen LogP contribution in [-0.2, 0) is 13.0 Å². The molecule has 0 saturated carbocycles. The molecule has 0 spiro atoms. The quantitative estimate of drug-likeness (QED) is 0.927. The van der Waals surface area contributed by atoms with E-state index in [9.17, 15) is 0 Å². The number of rotatable bonds is 3. The maximum absolute atomic E-state index is 4.48. The fourth-order valence-electron chi connectivity index (χ4n) is 3.70. The van der Waals surface area contributed by atoms with Gasteiger partial charge in [-0.15, -0.1) is 10.2 Å². The first-order valence-corrected chi connectivity index (χ1v) is 8.53. The highest BCUT2D eigenvalue weighted by atomic mass is 15.3. The first-order valence-electron chi connectivity index (χ1n) is 8.53. The minimum absolute atomic E-state index is 0.296. The van der Waals surface area contributed by atoms with E-state index in [4.69, 9.17) is 0 Å². The number of hydrogen-bond acceptors (Lipinski definition) is 4. The third kappa shape index (κ3) is 3.29. The van der Waals surface area contributed by atoms with Gasteiger partial charge in [0.1, 0.15) is 11.6 Å². The van der Waals surface area contributed by atoms with Crippen LogP contribution in [0.1, 0.15) is 63.6 Å². The molecule has 5 nitrogen and oxygen atoms in total. The monoisotopic (exact) mass is 291 g/mol. The van der Waals surface area contributed by atoms with Gasteiger partial charge in [0.25, 0.3) is 0 Å². The second-order valence-corrected chi connectivity index (χ2v) is 6.88. The number of fused-ring (bicyclic) bond motifs is 1. The van der Waals surface area contributed by atoms with Crippen LogP contribution in [-0.4, -0.2) is 45.3 Å². The van der Waals surface area contributed by atoms with Gasteiger partial charge in [0.05, 0.1) is 6.04 Å². The lowest BCUT2D eigenvalue weighted by Crippen LogP contribution is -2.46. The van der Waals surface area contributed by atoms with Crippen molar-refractivity contribution in [2.75, 3.05) is 13.6 Å². The lowest BCUT2D eigenvalue weighted by atomic mass is 9.98. The number of piperidine rings is 1. The molecular weight excluding hydrogens is 262 g/mol. The molecule has 3 rings (SSSR count). The van der Waals surface area contributed by atoms with Crippen LogP contribution in [0.15, 0.2) is 0 Å². The summed E-state index contributed by atoms with van der Waals surface area (Å²) in [6, 6.07) is 1.56. The van der Waals surface area contributed by atoms with Gasteiger partial charge < -0.3 is 14.8 Å². The van der Waals surface area contributed by atoms with Gasteiger partial charge in [0, 0.05) is 25.0 Å². The Bertz CT molecular complexity index is 469. The van der Waals surface area contributed by atoms with Crippen LogP contribution in [0.2, 0.25) is 0 Å². The number of hydrogen-bond donors (Lipinski definition) is 1. The first-order chi connectivity index (χ1) is 10.1. The fourth-order valence-corrected chi connectivity index (χ4v) is 3.70. The molecule has 3 heterocycles. The van der Waals surface area contributed by atoms with E-state index in [0.717, 1.165) is 18.8 Å². The fraction of sp³-hybridized carbons (Fsp3) is 0.875. The third-order valence-electron chi connectivity index (χ3n) is 5.22. The largest absolute Gasteiger partial charge is 0.314 e. The summed E-state index contributed by atoms with van der Waals surface area (Å²) in [4.78, 5) is 2.45. The van der Waals surface area contributed by atoms with Gasteiger partial charge >= 0.3 is 0 Å². The van der Waals surface area contributed by atoms with Gasteiger partial charge in [0.2, 0.25) is 0 Å². The summed E-state index contributed by atoms with van der Waals surface area (Å²) >= 11 is 0. The zero-order valence-electron chi connectivity index (χ0n) is 13.7. The van der Waals surface area contributed by atoms with E-state index in [-0.39, 0.29) is 0 Å². The molecule has 1 N–H and O–H groups in total. The van der Waals surface area contributed by atoms with Gasteiger partial charge in [-0.3, -0.25) is 0 Å². The first kappa shape index (κ1) is 15.0. The molecule has 0 bridgehead atoms. The second kappa shape index (κ2) is 6.44. The topological polar surface area (TPSA) is 46.0 Å². The molecule has 118 valence electrons. The average molecular weight is 291 g/mol. The highest BCUT2D eigenvalue weighted by Gasteiger charge is 2.26. The van der Waals surface area contributed by atoms with Gasteiger partial charge in [-0.2, -0.15) is 0 Å². The van der Waals surface area contributed by atoms with E-state index in [1.165, 1.54) is 44.5 Å². The molecule has 1 fully saturated rings. The third-order valence-corrected chi connectivity index (χ3v) is 5.22. The highest BCUT2D eigenvalue weighted by molar-refractivity contribution is 5.02. The molecule has 1 aromatic rings. The van der Waals surface area contributed by atoms with Crippen LogP contribution < -0.4 is 5.32 Å². The van der Waals surface area contributed by atoms with Gasteiger partial charge in [-0.05, 0) is 53.1 Å². The zero-order chi connectivity index (χ0) is 14.8. The van der Waals surface area contributed by atoms with Crippen molar-refractivity contribution in [1.82, 2.24) is 25.0 Å². The molecule has 1 aromatic heterocycles. The Morgan fingerprint density at radius 2 is 2.05 bits per heavy atom.